The van der Waals surface area contributed by atoms with Gasteiger partial charge in [-0.05, 0) is 13.0 Å². The van der Waals surface area contributed by atoms with E-state index >= 15 is 0 Å². The fourth-order valence-corrected chi connectivity index (χ4v) is 2.91. The van der Waals surface area contributed by atoms with Gasteiger partial charge in [0.25, 0.3) is 5.56 Å². The van der Waals surface area contributed by atoms with E-state index in [1.165, 1.54) is 23.1 Å². The number of H-pyrrole nitrogens is 1. The summed E-state index contributed by atoms with van der Waals surface area (Å²) in [6.45, 7) is 1.92. The van der Waals surface area contributed by atoms with Gasteiger partial charge in [-0.15, -0.1) is 23.1 Å². The van der Waals surface area contributed by atoms with Gasteiger partial charge in [-0.3, -0.25) is 9.59 Å². The minimum atomic E-state index is -0.870. The number of nitrogens with one attached hydrogen (secondary N) is 1. The number of aryl methyl sites for hydroxylation is 1. The smallest absolute Gasteiger partial charge is 0.313 e. The van der Waals surface area contributed by atoms with Crippen LogP contribution in [0, 0.1) is 6.92 Å². The quantitative estimate of drug-likeness (QED) is 0.882. The van der Waals surface area contributed by atoms with Gasteiger partial charge in [0.15, 0.2) is 0 Å². The summed E-state index contributed by atoms with van der Waals surface area (Å²) in [5.41, 5.74) is -0.162. The highest BCUT2D eigenvalue weighted by molar-refractivity contribution is 7.99. The molecule has 2 N–H and O–H groups in total. The Morgan fingerprint density at radius 3 is 3.12 bits per heavy atom. The molecule has 0 amide bonds. The van der Waals surface area contributed by atoms with E-state index < -0.39 is 5.97 Å². The molecule has 2 heterocycles. The Bertz CT molecular complexity index is 618. The first-order valence-corrected chi connectivity index (χ1v) is 6.82. The molecule has 0 fully saturated rings. The number of aromatic amines is 1. The minimum absolute atomic E-state index is 0.00517. The number of hydrogen-bond acceptors (Lipinski definition) is 5. The van der Waals surface area contributed by atoms with E-state index in [1.807, 2.05) is 6.92 Å². The van der Waals surface area contributed by atoms with Crippen LogP contribution in [0.15, 0.2) is 10.9 Å². The molecule has 0 aliphatic carbocycles. The number of carboxylic acids is 1. The molecule has 0 saturated heterocycles. The van der Waals surface area contributed by atoms with Crippen molar-refractivity contribution in [2.45, 2.75) is 12.7 Å². The summed E-state index contributed by atoms with van der Waals surface area (Å²) < 4.78 is 0. The Hall–Kier alpha value is -1.34. The van der Waals surface area contributed by atoms with Gasteiger partial charge in [0.1, 0.15) is 10.7 Å². The van der Waals surface area contributed by atoms with E-state index in [9.17, 15) is 9.59 Å². The van der Waals surface area contributed by atoms with E-state index in [1.54, 1.807) is 6.07 Å². The molecular weight excluding hydrogens is 260 g/mol. The maximum Gasteiger partial charge on any atom is 0.313 e. The van der Waals surface area contributed by atoms with Crippen molar-refractivity contribution in [3.63, 3.8) is 0 Å². The van der Waals surface area contributed by atoms with Crippen LogP contribution >= 0.6 is 23.1 Å². The van der Waals surface area contributed by atoms with Gasteiger partial charge in [0, 0.05) is 4.88 Å². The monoisotopic (exact) mass is 270 g/mol. The summed E-state index contributed by atoms with van der Waals surface area (Å²) in [6, 6.07) is 1.81. The average molecular weight is 270 g/mol. The first kappa shape index (κ1) is 12.1. The number of thiophene rings is 1. The first-order valence-electron chi connectivity index (χ1n) is 4.85. The van der Waals surface area contributed by atoms with Crippen LogP contribution in [0.5, 0.6) is 0 Å². The van der Waals surface area contributed by atoms with Crippen LogP contribution in [0.4, 0.5) is 0 Å². The summed E-state index contributed by atoms with van der Waals surface area (Å²) in [5.74, 6) is 0.0561. The van der Waals surface area contributed by atoms with Crippen molar-refractivity contribution in [2.75, 3.05) is 5.75 Å². The number of hydrogen-bond donors (Lipinski definition) is 2. The van der Waals surface area contributed by atoms with Crippen LogP contribution in [-0.4, -0.2) is 26.8 Å². The fourth-order valence-electron chi connectivity index (χ4n) is 1.40. The molecule has 0 unspecified atom stereocenters. The topological polar surface area (TPSA) is 83.0 Å². The number of carboxylic acid groups (broad SMARTS) is 1. The van der Waals surface area contributed by atoms with Gasteiger partial charge in [0.2, 0.25) is 0 Å². The normalized spacial score (nSPS) is 10.9. The molecule has 90 valence electrons. The predicted molar refractivity (Wildman–Crippen MR) is 68.8 cm³/mol. The maximum atomic E-state index is 11.7. The summed E-state index contributed by atoms with van der Waals surface area (Å²) in [4.78, 5) is 30.8. The zero-order valence-electron chi connectivity index (χ0n) is 9.02. The molecule has 0 spiro atoms. The third-order valence-electron chi connectivity index (χ3n) is 2.04. The van der Waals surface area contributed by atoms with E-state index in [-0.39, 0.29) is 11.3 Å². The molecule has 0 saturated carbocycles. The van der Waals surface area contributed by atoms with Crippen LogP contribution < -0.4 is 5.56 Å². The van der Waals surface area contributed by atoms with E-state index in [4.69, 9.17) is 5.11 Å². The molecule has 2 aromatic rings. The summed E-state index contributed by atoms with van der Waals surface area (Å²) in [5, 5.41) is 9.11. The molecule has 2 rings (SSSR count). The highest BCUT2D eigenvalue weighted by Gasteiger charge is 2.07. The van der Waals surface area contributed by atoms with Gasteiger partial charge in [-0.1, -0.05) is 0 Å². The predicted octanol–water partition coefficient (Wildman–Crippen LogP) is 1.61. The maximum absolute atomic E-state index is 11.7. The van der Waals surface area contributed by atoms with Crippen molar-refractivity contribution < 1.29 is 9.90 Å². The molecule has 7 heteroatoms. The summed E-state index contributed by atoms with van der Waals surface area (Å²) >= 11 is 2.67. The number of rotatable bonds is 4. The molecular formula is C10H10N2O3S2. The van der Waals surface area contributed by atoms with Crippen LogP contribution in [0.3, 0.4) is 0 Å². The standard InChI is InChI=1S/C10H10N2O3S2/c1-5-2-6-9(15)11-7(12-10(6)17-5)3-16-4-8(13)14/h2H,3-4H2,1H3,(H,13,14)(H,11,12,15). The Morgan fingerprint density at radius 1 is 1.65 bits per heavy atom. The van der Waals surface area contributed by atoms with Crippen LogP contribution in [0.25, 0.3) is 10.2 Å². The van der Waals surface area contributed by atoms with E-state index in [0.717, 1.165) is 4.88 Å². The van der Waals surface area contributed by atoms with Crippen molar-refractivity contribution >= 4 is 39.3 Å². The lowest BCUT2D eigenvalue weighted by Gasteiger charge is -1.98. The number of fused-ring (bicyclic) bond motifs is 1. The van der Waals surface area contributed by atoms with Crippen molar-refractivity contribution in [1.82, 2.24) is 9.97 Å². The molecule has 0 bridgehead atoms. The lowest BCUT2D eigenvalue weighted by Crippen LogP contribution is -2.10. The van der Waals surface area contributed by atoms with E-state index in [2.05, 4.69) is 9.97 Å². The molecule has 0 atom stereocenters. The Labute approximate surface area is 105 Å². The SMILES string of the molecule is Cc1cc2c(=O)[nH]c(CSCC(=O)O)nc2s1. The van der Waals surface area contributed by atoms with E-state index in [0.29, 0.717) is 21.8 Å². The number of thioether (sulfide) groups is 1. The number of aromatic nitrogens is 2. The zero-order chi connectivity index (χ0) is 12.4. The van der Waals surface area contributed by atoms with Gasteiger partial charge in [0.05, 0.1) is 16.9 Å². The minimum Gasteiger partial charge on any atom is -0.481 e. The van der Waals surface area contributed by atoms with Crippen molar-refractivity contribution in [3.05, 3.63) is 27.1 Å². The Morgan fingerprint density at radius 2 is 2.41 bits per heavy atom. The highest BCUT2D eigenvalue weighted by Crippen LogP contribution is 2.20. The highest BCUT2D eigenvalue weighted by atomic mass is 32.2. The second kappa shape index (κ2) is 4.89. The summed E-state index contributed by atoms with van der Waals surface area (Å²) in [6.07, 6.45) is 0. The molecule has 0 radical (unpaired) electrons. The second-order valence-electron chi connectivity index (χ2n) is 3.48. The van der Waals surface area contributed by atoms with Crippen LogP contribution in [0.1, 0.15) is 10.7 Å². The van der Waals surface area contributed by atoms with Crippen LogP contribution in [0.2, 0.25) is 0 Å². The summed E-state index contributed by atoms with van der Waals surface area (Å²) in [7, 11) is 0. The van der Waals surface area contributed by atoms with Crippen molar-refractivity contribution in [1.29, 1.82) is 0 Å². The number of carbonyl (C=O) groups is 1. The first-order chi connectivity index (χ1) is 8.06. The van der Waals surface area contributed by atoms with Gasteiger partial charge >= 0.3 is 5.97 Å². The van der Waals surface area contributed by atoms with Gasteiger partial charge in [-0.25, -0.2) is 4.98 Å². The third-order valence-corrected chi connectivity index (χ3v) is 3.91. The second-order valence-corrected chi connectivity index (χ2v) is 5.70. The largest absolute Gasteiger partial charge is 0.481 e. The molecule has 0 aliphatic rings. The Balaban J connectivity index is 2.24. The fraction of sp³-hybridized carbons (Fsp3) is 0.300. The molecule has 0 aromatic carbocycles. The van der Waals surface area contributed by atoms with Crippen molar-refractivity contribution in [3.8, 4) is 0 Å². The Kier molecular flexibility index (Phi) is 3.49. The molecule has 2 aromatic heterocycles. The third kappa shape index (κ3) is 2.86. The van der Waals surface area contributed by atoms with Crippen LogP contribution in [-0.2, 0) is 10.5 Å². The lowest BCUT2D eigenvalue weighted by atomic mass is 10.4. The molecule has 5 nitrogen and oxygen atoms in total. The number of aliphatic carboxylic acids is 1. The van der Waals surface area contributed by atoms with Gasteiger partial charge < -0.3 is 10.1 Å². The average Bonchev–Trinajstić information content (AvgIpc) is 2.58. The van der Waals surface area contributed by atoms with Crippen molar-refractivity contribution in [2.24, 2.45) is 0 Å². The molecule has 17 heavy (non-hydrogen) atoms. The number of nitrogens with zero attached hydrogens (tertiary/aromatic N) is 1. The lowest BCUT2D eigenvalue weighted by molar-refractivity contribution is -0.133. The molecule has 0 aliphatic heterocycles. The van der Waals surface area contributed by atoms with Gasteiger partial charge in [-0.2, -0.15) is 0 Å². The zero-order valence-corrected chi connectivity index (χ0v) is 10.7.